The standard InChI is InChI=1S/C12H18NO/c1-4-5-8-12(2,3)11-7-6-9-13(14)10-11/h6-10H,4-5H2,1-3H3. The summed E-state index contributed by atoms with van der Waals surface area (Å²) in [7, 11) is 0. The number of rotatable bonds is 4. The largest absolute Gasteiger partial charge is 0.619 e. The molecule has 0 fully saturated rings. The predicted octanol–water partition coefficient (Wildman–Crippen LogP) is 2.60. The van der Waals surface area contributed by atoms with Gasteiger partial charge in [-0.3, -0.25) is 0 Å². The zero-order valence-electron chi connectivity index (χ0n) is 9.16. The van der Waals surface area contributed by atoms with Crippen LogP contribution in [0.25, 0.3) is 0 Å². The van der Waals surface area contributed by atoms with Crippen molar-refractivity contribution in [3.8, 4) is 0 Å². The maximum atomic E-state index is 11.1. The van der Waals surface area contributed by atoms with Gasteiger partial charge in [-0.1, -0.05) is 27.2 Å². The van der Waals surface area contributed by atoms with Gasteiger partial charge in [-0.15, -0.1) is 0 Å². The van der Waals surface area contributed by atoms with Crippen molar-refractivity contribution in [1.29, 1.82) is 0 Å². The van der Waals surface area contributed by atoms with Crippen LogP contribution in [0.5, 0.6) is 0 Å². The maximum absolute atomic E-state index is 11.1. The lowest BCUT2D eigenvalue weighted by Gasteiger charge is -2.23. The molecule has 1 heterocycles. The molecule has 0 bridgehead atoms. The molecule has 1 rings (SSSR count). The highest BCUT2D eigenvalue weighted by molar-refractivity contribution is 5.21. The van der Waals surface area contributed by atoms with E-state index >= 15 is 0 Å². The molecule has 0 aliphatic heterocycles. The Balaban J connectivity index is 2.80. The second-order valence-electron chi connectivity index (χ2n) is 4.17. The Kier molecular flexibility index (Phi) is 3.50. The second kappa shape index (κ2) is 4.45. The van der Waals surface area contributed by atoms with E-state index in [0.717, 1.165) is 23.1 Å². The van der Waals surface area contributed by atoms with Gasteiger partial charge >= 0.3 is 0 Å². The fourth-order valence-electron chi connectivity index (χ4n) is 1.46. The second-order valence-corrected chi connectivity index (χ2v) is 4.17. The average molecular weight is 192 g/mol. The highest BCUT2D eigenvalue weighted by Crippen LogP contribution is 2.26. The van der Waals surface area contributed by atoms with Crippen molar-refractivity contribution in [2.24, 2.45) is 0 Å². The quantitative estimate of drug-likeness (QED) is 0.532. The number of unbranched alkanes of at least 4 members (excludes halogenated alkanes) is 1. The van der Waals surface area contributed by atoms with Gasteiger partial charge in [0.05, 0.1) is 0 Å². The Bertz CT molecular complexity index is 294. The topological polar surface area (TPSA) is 26.9 Å². The van der Waals surface area contributed by atoms with Crippen molar-refractivity contribution in [3.63, 3.8) is 0 Å². The van der Waals surface area contributed by atoms with E-state index in [-0.39, 0.29) is 5.41 Å². The molecule has 0 aliphatic carbocycles. The lowest BCUT2D eigenvalue weighted by Crippen LogP contribution is -2.29. The molecular formula is C12H18NO. The maximum Gasteiger partial charge on any atom is 0.184 e. The Hall–Kier alpha value is -1.05. The van der Waals surface area contributed by atoms with Gasteiger partial charge in [0, 0.05) is 11.6 Å². The lowest BCUT2D eigenvalue weighted by atomic mass is 9.81. The predicted molar refractivity (Wildman–Crippen MR) is 57.6 cm³/mol. The summed E-state index contributed by atoms with van der Waals surface area (Å²) in [5, 5.41) is 11.1. The third kappa shape index (κ3) is 2.72. The van der Waals surface area contributed by atoms with Crippen LogP contribution in [0.4, 0.5) is 0 Å². The minimum absolute atomic E-state index is 0.0105. The number of nitrogens with zero attached hydrogens (tertiary/aromatic N) is 1. The summed E-state index contributed by atoms with van der Waals surface area (Å²) in [6.07, 6.45) is 7.66. The van der Waals surface area contributed by atoms with Crippen molar-refractivity contribution in [2.75, 3.05) is 0 Å². The first-order valence-electron chi connectivity index (χ1n) is 5.10. The van der Waals surface area contributed by atoms with Gasteiger partial charge in [-0.2, -0.15) is 4.73 Å². The molecule has 0 N–H and O–H groups in total. The zero-order chi connectivity index (χ0) is 10.6. The number of hydrogen-bond acceptors (Lipinski definition) is 1. The Morgan fingerprint density at radius 3 is 2.79 bits per heavy atom. The molecule has 0 aromatic carbocycles. The summed E-state index contributed by atoms with van der Waals surface area (Å²) < 4.78 is 0.858. The van der Waals surface area contributed by atoms with E-state index in [2.05, 4.69) is 27.2 Å². The molecule has 0 spiro atoms. The van der Waals surface area contributed by atoms with E-state index in [0.29, 0.717) is 0 Å². The minimum Gasteiger partial charge on any atom is -0.619 e. The van der Waals surface area contributed by atoms with Crippen molar-refractivity contribution >= 4 is 0 Å². The molecule has 0 amide bonds. The van der Waals surface area contributed by atoms with Crippen LogP contribution in [-0.2, 0) is 5.41 Å². The van der Waals surface area contributed by atoms with Crippen LogP contribution >= 0.6 is 0 Å². The van der Waals surface area contributed by atoms with E-state index in [1.165, 1.54) is 6.20 Å². The average Bonchev–Trinajstić information content (AvgIpc) is 2.15. The Morgan fingerprint density at radius 2 is 2.21 bits per heavy atom. The summed E-state index contributed by atoms with van der Waals surface area (Å²) in [6.45, 7) is 6.43. The molecule has 77 valence electrons. The first kappa shape index (κ1) is 11.0. The molecule has 1 radical (unpaired) electrons. The Morgan fingerprint density at radius 1 is 1.50 bits per heavy atom. The smallest absolute Gasteiger partial charge is 0.184 e. The van der Waals surface area contributed by atoms with E-state index in [1.807, 2.05) is 6.07 Å². The van der Waals surface area contributed by atoms with Crippen molar-refractivity contribution in [1.82, 2.24) is 0 Å². The number of hydrogen-bond donors (Lipinski definition) is 0. The van der Waals surface area contributed by atoms with Gasteiger partial charge in [0.25, 0.3) is 0 Å². The fraction of sp³-hybridized carbons (Fsp3) is 0.500. The normalized spacial score (nSPS) is 11.6. The summed E-state index contributed by atoms with van der Waals surface area (Å²) in [5.41, 5.74) is 1.06. The number of pyridine rings is 1. The van der Waals surface area contributed by atoms with Gasteiger partial charge in [-0.25, -0.2) is 0 Å². The van der Waals surface area contributed by atoms with Crippen molar-refractivity contribution < 1.29 is 4.73 Å². The molecular weight excluding hydrogens is 174 g/mol. The Labute approximate surface area is 86.2 Å². The van der Waals surface area contributed by atoms with Crippen LogP contribution in [0.3, 0.4) is 0 Å². The highest BCUT2D eigenvalue weighted by atomic mass is 16.5. The van der Waals surface area contributed by atoms with Crippen LogP contribution in [-0.4, -0.2) is 0 Å². The molecule has 0 unspecified atom stereocenters. The van der Waals surface area contributed by atoms with Crippen molar-refractivity contribution in [2.45, 2.75) is 39.0 Å². The fourth-order valence-corrected chi connectivity index (χ4v) is 1.46. The van der Waals surface area contributed by atoms with Crippen LogP contribution in [0.1, 0.15) is 39.2 Å². The van der Waals surface area contributed by atoms with E-state index in [1.54, 1.807) is 12.3 Å². The molecule has 0 aliphatic rings. The number of aromatic nitrogens is 1. The molecule has 1 aromatic rings. The summed E-state index contributed by atoms with van der Waals surface area (Å²) in [6, 6.07) is 3.80. The molecule has 2 nitrogen and oxygen atoms in total. The lowest BCUT2D eigenvalue weighted by molar-refractivity contribution is -0.606. The summed E-state index contributed by atoms with van der Waals surface area (Å²) in [5.74, 6) is 0. The van der Waals surface area contributed by atoms with Crippen LogP contribution in [0.2, 0.25) is 0 Å². The van der Waals surface area contributed by atoms with E-state index in [4.69, 9.17) is 0 Å². The van der Waals surface area contributed by atoms with Crippen molar-refractivity contribution in [3.05, 3.63) is 41.7 Å². The monoisotopic (exact) mass is 192 g/mol. The zero-order valence-corrected chi connectivity index (χ0v) is 9.16. The van der Waals surface area contributed by atoms with E-state index in [9.17, 15) is 5.21 Å². The molecule has 0 saturated carbocycles. The highest BCUT2D eigenvalue weighted by Gasteiger charge is 2.21. The first-order valence-corrected chi connectivity index (χ1v) is 5.10. The molecule has 2 heteroatoms. The SMILES string of the molecule is CCC[CH]C(C)(C)c1ccc[n+]([O-])c1. The van der Waals surface area contributed by atoms with E-state index < -0.39 is 0 Å². The third-order valence-corrected chi connectivity index (χ3v) is 2.46. The molecule has 0 atom stereocenters. The van der Waals surface area contributed by atoms with Gasteiger partial charge in [0.15, 0.2) is 12.4 Å². The third-order valence-electron chi connectivity index (χ3n) is 2.46. The van der Waals surface area contributed by atoms with Gasteiger partial charge in [-0.05, 0) is 24.3 Å². The van der Waals surface area contributed by atoms with Gasteiger partial charge < -0.3 is 5.21 Å². The molecule has 0 saturated heterocycles. The van der Waals surface area contributed by atoms with Crippen LogP contribution < -0.4 is 4.73 Å². The van der Waals surface area contributed by atoms with Gasteiger partial charge in [0.1, 0.15) is 0 Å². The van der Waals surface area contributed by atoms with Crippen LogP contribution in [0.15, 0.2) is 24.5 Å². The first-order chi connectivity index (χ1) is 6.56. The van der Waals surface area contributed by atoms with Crippen LogP contribution in [0, 0.1) is 11.6 Å². The molecule has 1 aromatic heterocycles. The van der Waals surface area contributed by atoms with Gasteiger partial charge in [0.2, 0.25) is 0 Å². The summed E-state index contributed by atoms with van der Waals surface area (Å²) in [4.78, 5) is 0. The molecule has 14 heavy (non-hydrogen) atoms. The summed E-state index contributed by atoms with van der Waals surface area (Å²) >= 11 is 0. The minimum atomic E-state index is -0.0105.